The molecule has 0 aliphatic rings. The minimum atomic E-state index is -0.790. The Morgan fingerprint density at radius 1 is 1.52 bits per heavy atom. The van der Waals surface area contributed by atoms with Gasteiger partial charge in [0.2, 0.25) is 0 Å². The molecule has 0 bridgehead atoms. The van der Waals surface area contributed by atoms with E-state index in [0.717, 1.165) is 0 Å². The van der Waals surface area contributed by atoms with Gasteiger partial charge in [-0.25, -0.2) is 0 Å². The molecule has 0 heterocycles. The zero-order chi connectivity index (χ0) is 19.0. The Morgan fingerprint density at radius 3 is 2.76 bits per heavy atom. The van der Waals surface area contributed by atoms with Gasteiger partial charge in [-0.15, -0.1) is 6.42 Å². The lowest BCUT2D eigenvalue weighted by atomic mass is 10.1. The lowest BCUT2D eigenvalue weighted by Gasteiger charge is -2.22. The van der Waals surface area contributed by atoms with E-state index in [0.29, 0.717) is 17.0 Å². The monoisotopic (exact) mass is 341 g/mol. The van der Waals surface area contributed by atoms with Gasteiger partial charge >= 0.3 is 0 Å². The molecule has 1 aromatic carbocycles. The number of carbonyl (C=O) groups excluding carboxylic acids is 1. The highest BCUT2D eigenvalue weighted by atomic mass is 16.5. The molecule has 6 heteroatoms. The number of anilines is 1. The van der Waals surface area contributed by atoms with Gasteiger partial charge in [0.25, 0.3) is 5.91 Å². The second kappa shape index (κ2) is 8.89. The molecular formula is C19H23N3O3. The third kappa shape index (κ3) is 6.68. The summed E-state index contributed by atoms with van der Waals surface area (Å²) in [6.45, 7) is 9.05. The maximum absolute atomic E-state index is 11.6. The van der Waals surface area contributed by atoms with Crippen LogP contribution in [0.1, 0.15) is 26.3 Å². The third-order valence-electron chi connectivity index (χ3n) is 3.32. The molecule has 1 atom stereocenters. The number of nitrogens with zero attached hydrogens (tertiary/aromatic N) is 1. The number of carbonyl (C=O) groups is 1. The van der Waals surface area contributed by atoms with Crippen molar-refractivity contribution in [2.24, 2.45) is 0 Å². The van der Waals surface area contributed by atoms with Crippen molar-refractivity contribution in [3.05, 3.63) is 35.9 Å². The van der Waals surface area contributed by atoms with Gasteiger partial charge in [0.1, 0.15) is 24.5 Å². The number of aliphatic hydroxyl groups is 1. The number of aliphatic hydroxyl groups excluding tert-OH is 1. The first-order valence-electron chi connectivity index (χ1n) is 7.73. The van der Waals surface area contributed by atoms with Crippen molar-refractivity contribution in [2.45, 2.75) is 32.4 Å². The maximum atomic E-state index is 11.6. The van der Waals surface area contributed by atoms with Crippen LogP contribution in [0.25, 0.3) is 0 Å². The summed E-state index contributed by atoms with van der Waals surface area (Å²) in [6, 6.07) is 6.69. The smallest absolute Gasteiger partial charge is 0.250 e. The van der Waals surface area contributed by atoms with Crippen LogP contribution in [0, 0.1) is 23.7 Å². The molecule has 0 saturated heterocycles. The molecular weight excluding hydrogens is 318 g/mol. The van der Waals surface area contributed by atoms with E-state index < -0.39 is 11.6 Å². The van der Waals surface area contributed by atoms with E-state index in [2.05, 4.69) is 23.1 Å². The predicted molar refractivity (Wildman–Crippen MR) is 97.0 cm³/mol. The Kier molecular flexibility index (Phi) is 7.20. The molecule has 1 aromatic rings. The molecule has 6 nitrogen and oxygen atoms in total. The lowest BCUT2D eigenvalue weighted by molar-refractivity contribution is -0.112. The van der Waals surface area contributed by atoms with Gasteiger partial charge in [-0.1, -0.05) is 12.5 Å². The largest absolute Gasteiger partial charge is 0.489 e. The first-order chi connectivity index (χ1) is 11.7. The van der Waals surface area contributed by atoms with Crippen LogP contribution in [0.15, 0.2) is 30.4 Å². The standard InChI is InChI=1S/C19H23N3O3/c1-6-19(4,5)21-11-16(23)12-25-17-8-7-15(9-14(17)10-20)22-18(24)13(2)3/h1,7-9,16,21,23H,2,11-12H2,3-5H3,(H,22,24). The highest BCUT2D eigenvalue weighted by Gasteiger charge is 2.16. The second-order valence-electron chi connectivity index (χ2n) is 6.17. The van der Waals surface area contributed by atoms with Gasteiger partial charge in [0.05, 0.1) is 11.1 Å². The summed E-state index contributed by atoms with van der Waals surface area (Å²) in [5.74, 6) is 2.57. The number of rotatable bonds is 8. The molecule has 0 fully saturated rings. The molecule has 0 spiro atoms. The topological polar surface area (TPSA) is 94.4 Å². The van der Waals surface area contributed by atoms with Crippen LogP contribution in [0.3, 0.4) is 0 Å². The number of β-amino-alcohol motifs (C(OH)–C–C–N with tert-alkyl or cyclic N) is 1. The number of terminal acetylenes is 1. The Bertz CT molecular complexity index is 726. The Balaban J connectivity index is 2.67. The number of amides is 1. The minimum Gasteiger partial charge on any atom is -0.489 e. The number of nitriles is 1. The van der Waals surface area contributed by atoms with Crippen LogP contribution < -0.4 is 15.4 Å². The average Bonchev–Trinajstić information content (AvgIpc) is 2.58. The van der Waals surface area contributed by atoms with Crippen molar-refractivity contribution < 1.29 is 14.6 Å². The molecule has 25 heavy (non-hydrogen) atoms. The predicted octanol–water partition coefficient (Wildman–Crippen LogP) is 1.81. The molecule has 1 amide bonds. The summed E-state index contributed by atoms with van der Waals surface area (Å²) in [4.78, 5) is 11.6. The van der Waals surface area contributed by atoms with Gasteiger partial charge in [-0.3, -0.25) is 10.1 Å². The van der Waals surface area contributed by atoms with Crippen LogP contribution in [-0.2, 0) is 4.79 Å². The SMILES string of the molecule is C#CC(C)(C)NCC(O)COc1ccc(NC(=O)C(=C)C)cc1C#N. The number of ether oxygens (including phenoxy) is 1. The molecule has 0 radical (unpaired) electrons. The minimum absolute atomic E-state index is 0.000195. The van der Waals surface area contributed by atoms with Crippen LogP contribution in [0.4, 0.5) is 5.69 Å². The first-order valence-corrected chi connectivity index (χ1v) is 7.73. The van der Waals surface area contributed by atoms with Gasteiger partial charge in [-0.05, 0) is 39.0 Å². The molecule has 132 valence electrons. The Labute approximate surface area is 148 Å². The number of nitrogens with one attached hydrogen (secondary N) is 2. The highest BCUT2D eigenvalue weighted by Crippen LogP contribution is 2.22. The zero-order valence-corrected chi connectivity index (χ0v) is 14.7. The maximum Gasteiger partial charge on any atom is 0.250 e. The molecule has 0 aromatic heterocycles. The van der Waals surface area contributed by atoms with Crippen molar-refractivity contribution >= 4 is 11.6 Å². The fraction of sp³-hybridized carbons (Fsp3) is 0.368. The van der Waals surface area contributed by atoms with Crippen LogP contribution >= 0.6 is 0 Å². The first kappa shape index (κ1) is 20.2. The zero-order valence-electron chi connectivity index (χ0n) is 14.7. The molecule has 0 saturated carbocycles. The van der Waals surface area contributed by atoms with Gasteiger partial charge in [-0.2, -0.15) is 5.26 Å². The van der Waals surface area contributed by atoms with E-state index in [-0.39, 0.29) is 24.6 Å². The quantitative estimate of drug-likeness (QED) is 0.495. The second-order valence-corrected chi connectivity index (χ2v) is 6.17. The molecule has 3 N–H and O–H groups in total. The van der Waals surface area contributed by atoms with Crippen molar-refractivity contribution in [1.82, 2.24) is 5.32 Å². The van der Waals surface area contributed by atoms with E-state index in [1.54, 1.807) is 19.1 Å². The number of benzene rings is 1. The summed E-state index contributed by atoms with van der Waals surface area (Å²) < 4.78 is 5.50. The number of hydrogen-bond donors (Lipinski definition) is 3. The summed E-state index contributed by atoms with van der Waals surface area (Å²) in [6.07, 6.45) is 4.58. The Morgan fingerprint density at radius 2 is 2.20 bits per heavy atom. The van der Waals surface area contributed by atoms with Gasteiger partial charge in [0, 0.05) is 17.8 Å². The van der Waals surface area contributed by atoms with Crippen molar-refractivity contribution in [3.63, 3.8) is 0 Å². The van der Waals surface area contributed by atoms with E-state index in [9.17, 15) is 15.2 Å². The Hall–Kier alpha value is -2.80. The molecule has 1 rings (SSSR count). The van der Waals surface area contributed by atoms with Crippen molar-refractivity contribution in [3.8, 4) is 24.2 Å². The van der Waals surface area contributed by atoms with Crippen LogP contribution in [0.2, 0.25) is 0 Å². The third-order valence-corrected chi connectivity index (χ3v) is 3.32. The van der Waals surface area contributed by atoms with E-state index >= 15 is 0 Å². The van der Waals surface area contributed by atoms with E-state index in [1.165, 1.54) is 6.07 Å². The van der Waals surface area contributed by atoms with E-state index in [4.69, 9.17) is 11.2 Å². The highest BCUT2D eigenvalue weighted by molar-refractivity contribution is 6.02. The van der Waals surface area contributed by atoms with Crippen molar-refractivity contribution in [1.29, 1.82) is 5.26 Å². The van der Waals surface area contributed by atoms with Crippen LogP contribution in [0.5, 0.6) is 5.75 Å². The molecule has 1 unspecified atom stereocenters. The summed E-state index contributed by atoms with van der Waals surface area (Å²) >= 11 is 0. The summed E-state index contributed by atoms with van der Waals surface area (Å²) in [7, 11) is 0. The number of hydrogen-bond acceptors (Lipinski definition) is 5. The van der Waals surface area contributed by atoms with E-state index in [1.807, 2.05) is 19.9 Å². The molecule has 0 aliphatic heterocycles. The lowest BCUT2D eigenvalue weighted by Crippen LogP contribution is -2.43. The molecule has 0 aliphatic carbocycles. The van der Waals surface area contributed by atoms with Crippen molar-refractivity contribution in [2.75, 3.05) is 18.5 Å². The normalized spacial score (nSPS) is 11.8. The average molecular weight is 341 g/mol. The van der Waals surface area contributed by atoms with Gasteiger partial charge < -0.3 is 15.2 Å². The summed E-state index contributed by atoms with van der Waals surface area (Å²) in [5.41, 5.74) is 0.560. The van der Waals surface area contributed by atoms with Gasteiger partial charge in [0.15, 0.2) is 0 Å². The van der Waals surface area contributed by atoms with Crippen LogP contribution in [-0.4, -0.2) is 35.8 Å². The fourth-order valence-corrected chi connectivity index (χ4v) is 1.73. The fourth-order valence-electron chi connectivity index (χ4n) is 1.73. The summed E-state index contributed by atoms with van der Waals surface area (Å²) in [5, 5.41) is 24.9.